The molecule has 3 atom stereocenters. The van der Waals surface area contributed by atoms with Gasteiger partial charge in [0, 0.05) is 16.9 Å². The van der Waals surface area contributed by atoms with Crippen molar-refractivity contribution in [3.05, 3.63) is 22.8 Å². The predicted molar refractivity (Wildman–Crippen MR) is 142 cm³/mol. The van der Waals surface area contributed by atoms with Crippen molar-refractivity contribution in [1.29, 1.82) is 0 Å². The fourth-order valence-electron chi connectivity index (χ4n) is 5.26. The molecule has 32 heavy (non-hydrogen) atoms. The first-order valence-corrected chi connectivity index (χ1v) is 14.6. The van der Waals surface area contributed by atoms with Gasteiger partial charge in [-0.05, 0) is 75.2 Å². The van der Waals surface area contributed by atoms with Crippen LogP contribution in [0, 0.1) is 24.7 Å². The third kappa shape index (κ3) is 8.50. The van der Waals surface area contributed by atoms with Crippen LogP contribution in [0.5, 0.6) is 11.5 Å². The zero-order valence-electron chi connectivity index (χ0n) is 22.1. The number of hydrogen-bond acceptors (Lipinski definition) is 3. The van der Waals surface area contributed by atoms with Gasteiger partial charge >= 0.3 is 0 Å². The van der Waals surface area contributed by atoms with E-state index in [-0.39, 0.29) is 5.60 Å². The van der Waals surface area contributed by atoms with Crippen LogP contribution in [0.25, 0.3) is 0 Å². The summed E-state index contributed by atoms with van der Waals surface area (Å²) in [5, 5.41) is 10.4. The lowest BCUT2D eigenvalue weighted by Crippen LogP contribution is -2.37. The van der Waals surface area contributed by atoms with Gasteiger partial charge in [-0.1, -0.05) is 72.6 Å². The van der Waals surface area contributed by atoms with Crippen molar-refractivity contribution in [2.24, 2.45) is 17.8 Å². The van der Waals surface area contributed by atoms with Gasteiger partial charge in [-0.15, -0.1) is 0 Å². The number of rotatable bonds is 14. The second-order valence-electron chi connectivity index (χ2n) is 11.3. The van der Waals surface area contributed by atoms with Crippen LogP contribution in [-0.4, -0.2) is 17.0 Å². The fraction of sp³-hybridized carbons (Fsp3) is 0.793. The standard InChI is InChI=1S/C29H50O2S/c1-21(2)11-8-12-22(3)13-9-14-23(4)15-10-17-29(6)18-16-25-26(20-32-7)27(30)19-24(5)28(25)31-29/h19,21-23,30H,8-18,20H2,1-7H3. The summed E-state index contributed by atoms with van der Waals surface area (Å²) in [6, 6.07) is 1.89. The van der Waals surface area contributed by atoms with E-state index in [2.05, 4.69) is 47.8 Å². The molecule has 1 heterocycles. The lowest BCUT2D eigenvalue weighted by Gasteiger charge is -2.38. The average molecular weight is 463 g/mol. The predicted octanol–water partition coefficient (Wildman–Crippen LogP) is 9.09. The lowest BCUT2D eigenvalue weighted by atomic mass is 9.84. The Bertz CT molecular complexity index is 699. The Morgan fingerprint density at radius 2 is 1.59 bits per heavy atom. The first-order chi connectivity index (χ1) is 15.1. The van der Waals surface area contributed by atoms with Gasteiger partial charge in [0.15, 0.2) is 0 Å². The molecule has 0 aromatic heterocycles. The van der Waals surface area contributed by atoms with E-state index in [0.29, 0.717) is 5.75 Å². The summed E-state index contributed by atoms with van der Waals surface area (Å²) in [4.78, 5) is 0. The smallest absolute Gasteiger partial charge is 0.126 e. The van der Waals surface area contributed by atoms with Gasteiger partial charge in [0.25, 0.3) is 0 Å². The highest BCUT2D eigenvalue weighted by Gasteiger charge is 2.34. The van der Waals surface area contributed by atoms with Crippen LogP contribution < -0.4 is 4.74 Å². The van der Waals surface area contributed by atoms with Crippen molar-refractivity contribution in [2.45, 2.75) is 124 Å². The molecule has 0 saturated carbocycles. The van der Waals surface area contributed by atoms with Crippen molar-refractivity contribution < 1.29 is 9.84 Å². The topological polar surface area (TPSA) is 29.5 Å². The summed E-state index contributed by atoms with van der Waals surface area (Å²) in [7, 11) is 0. The summed E-state index contributed by atoms with van der Waals surface area (Å²) in [6.07, 6.45) is 16.1. The van der Waals surface area contributed by atoms with E-state index in [1.54, 1.807) is 11.8 Å². The molecule has 0 bridgehead atoms. The molecular weight excluding hydrogens is 412 g/mol. The van der Waals surface area contributed by atoms with Crippen LogP contribution in [0.2, 0.25) is 0 Å². The maximum atomic E-state index is 10.4. The third-order valence-corrected chi connectivity index (χ3v) is 8.05. The summed E-state index contributed by atoms with van der Waals surface area (Å²) in [6.45, 7) is 13.9. The van der Waals surface area contributed by atoms with Gasteiger partial charge in [-0.2, -0.15) is 11.8 Å². The minimum atomic E-state index is -0.0734. The molecule has 1 aromatic carbocycles. The molecule has 1 aromatic rings. The van der Waals surface area contributed by atoms with E-state index < -0.39 is 0 Å². The second kappa shape index (κ2) is 13.2. The van der Waals surface area contributed by atoms with Crippen LogP contribution in [-0.2, 0) is 12.2 Å². The molecule has 2 nitrogen and oxygen atoms in total. The number of thioether (sulfide) groups is 1. The molecule has 0 amide bonds. The minimum Gasteiger partial charge on any atom is -0.508 e. The van der Waals surface area contributed by atoms with Crippen molar-refractivity contribution >= 4 is 11.8 Å². The Hall–Kier alpha value is -0.830. The van der Waals surface area contributed by atoms with E-state index in [1.165, 1.54) is 56.9 Å². The van der Waals surface area contributed by atoms with Gasteiger partial charge in [0.05, 0.1) is 0 Å². The molecule has 1 aliphatic rings. The number of fused-ring (bicyclic) bond motifs is 1. The van der Waals surface area contributed by atoms with Crippen molar-refractivity contribution in [3.63, 3.8) is 0 Å². The molecule has 1 aliphatic heterocycles. The first-order valence-electron chi connectivity index (χ1n) is 13.2. The molecule has 3 unspecified atom stereocenters. The number of aromatic hydroxyl groups is 1. The molecule has 0 aliphatic carbocycles. The number of hydrogen-bond donors (Lipinski definition) is 1. The quantitative estimate of drug-likeness (QED) is 0.299. The number of aryl methyl sites for hydroxylation is 1. The zero-order valence-corrected chi connectivity index (χ0v) is 22.9. The van der Waals surface area contributed by atoms with Gasteiger partial charge in [-0.3, -0.25) is 0 Å². The van der Waals surface area contributed by atoms with Gasteiger partial charge < -0.3 is 9.84 Å². The number of phenolic OH excluding ortho intramolecular Hbond substituents is 1. The Labute approximate surface area is 203 Å². The number of phenols is 1. The SMILES string of the molecule is CSCc1c(O)cc(C)c2c1CCC(C)(CCCC(C)CCCC(C)CCCC(C)C)O2. The van der Waals surface area contributed by atoms with Crippen LogP contribution in [0.15, 0.2) is 6.07 Å². The molecule has 0 saturated heterocycles. The van der Waals surface area contributed by atoms with Crippen molar-refractivity contribution in [3.8, 4) is 11.5 Å². The van der Waals surface area contributed by atoms with E-state index in [4.69, 9.17) is 4.74 Å². The second-order valence-corrected chi connectivity index (χ2v) is 12.2. The van der Waals surface area contributed by atoms with Crippen molar-refractivity contribution in [1.82, 2.24) is 0 Å². The van der Waals surface area contributed by atoms with E-state index >= 15 is 0 Å². The first kappa shape index (κ1) is 27.4. The maximum Gasteiger partial charge on any atom is 0.126 e. The zero-order chi connectivity index (χ0) is 23.7. The Kier molecular flexibility index (Phi) is 11.3. The number of ether oxygens (including phenoxy) is 1. The summed E-state index contributed by atoms with van der Waals surface area (Å²) >= 11 is 1.76. The van der Waals surface area contributed by atoms with Crippen LogP contribution in [0.4, 0.5) is 0 Å². The Morgan fingerprint density at radius 3 is 2.19 bits per heavy atom. The van der Waals surface area contributed by atoms with E-state index in [9.17, 15) is 5.11 Å². The molecule has 3 heteroatoms. The highest BCUT2D eigenvalue weighted by atomic mass is 32.2. The Morgan fingerprint density at radius 1 is 1.00 bits per heavy atom. The highest BCUT2D eigenvalue weighted by Crippen LogP contribution is 2.43. The van der Waals surface area contributed by atoms with Crippen LogP contribution >= 0.6 is 11.8 Å². The van der Waals surface area contributed by atoms with Gasteiger partial charge in [0.2, 0.25) is 0 Å². The molecule has 2 rings (SSSR count). The van der Waals surface area contributed by atoms with Crippen LogP contribution in [0.1, 0.15) is 116 Å². The molecule has 0 fully saturated rings. The van der Waals surface area contributed by atoms with E-state index in [1.807, 2.05) is 6.07 Å². The summed E-state index contributed by atoms with van der Waals surface area (Å²) in [5.74, 6) is 4.87. The van der Waals surface area contributed by atoms with Crippen molar-refractivity contribution in [2.75, 3.05) is 6.26 Å². The monoisotopic (exact) mass is 462 g/mol. The molecule has 0 spiro atoms. The van der Waals surface area contributed by atoms with Gasteiger partial charge in [-0.25, -0.2) is 0 Å². The maximum absolute atomic E-state index is 10.4. The Balaban J connectivity index is 1.75. The number of benzene rings is 1. The van der Waals surface area contributed by atoms with E-state index in [0.717, 1.165) is 59.6 Å². The normalized spacial score (nSPS) is 20.1. The molecule has 1 N–H and O–H groups in total. The molecule has 0 radical (unpaired) electrons. The highest BCUT2D eigenvalue weighted by molar-refractivity contribution is 7.97. The molecular formula is C29H50O2S. The third-order valence-electron chi connectivity index (χ3n) is 7.47. The lowest BCUT2D eigenvalue weighted by molar-refractivity contribution is 0.0512. The summed E-state index contributed by atoms with van der Waals surface area (Å²) < 4.78 is 6.62. The minimum absolute atomic E-state index is 0.0734. The summed E-state index contributed by atoms with van der Waals surface area (Å²) in [5.41, 5.74) is 3.32. The fourth-order valence-corrected chi connectivity index (χ4v) is 5.88. The van der Waals surface area contributed by atoms with Crippen LogP contribution in [0.3, 0.4) is 0 Å². The largest absolute Gasteiger partial charge is 0.508 e. The molecule has 184 valence electrons. The van der Waals surface area contributed by atoms with Gasteiger partial charge in [0.1, 0.15) is 17.1 Å². The average Bonchev–Trinajstić information content (AvgIpc) is 2.71.